The normalized spacial score (nSPS) is 14.0. The van der Waals surface area contributed by atoms with Gasteiger partial charge in [-0.25, -0.2) is 4.21 Å². The minimum Gasteiger partial charge on any atom is -0.399 e. The van der Waals surface area contributed by atoms with Crippen molar-refractivity contribution >= 4 is 37.7 Å². The predicted molar refractivity (Wildman–Crippen MR) is 102 cm³/mol. The average molecular weight is 486 g/mol. The first kappa shape index (κ1) is 22.9. The summed E-state index contributed by atoms with van der Waals surface area (Å²) < 4.78 is 116. The summed E-state index contributed by atoms with van der Waals surface area (Å²) in [5, 5.41) is -0.185. The fourth-order valence-corrected chi connectivity index (χ4v) is 4.26. The molecule has 0 saturated heterocycles. The van der Waals surface area contributed by atoms with Crippen LogP contribution in [0.2, 0.25) is 0 Å². The Bertz CT molecular complexity index is 1300. The van der Waals surface area contributed by atoms with Gasteiger partial charge in [0.15, 0.2) is 0 Å². The number of hydrogen-bond acceptors (Lipinski definition) is 5. The largest absolute Gasteiger partial charge is 0.517 e. The highest BCUT2D eigenvalue weighted by atomic mass is 32.2. The average Bonchev–Trinajstić information content (AvgIpc) is 2.97. The number of anilines is 1. The van der Waals surface area contributed by atoms with E-state index in [-0.39, 0.29) is 5.39 Å². The van der Waals surface area contributed by atoms with E-state index in [1.807, 2.05) is 0 Å². The Morgan fingerprint density at radius 1 is 1.00 bits per heavy atom. The van der Waals surface area contributed by atoms with Gasteiger partial charge in [-0.15, -0.1) is 0 Å². The lowest BCUT2D eigenvalue weighted by Gasteiger charge is -2.14. The monoisotopic (exact) mass is 486 g/mol. The van der Waals surface area contributed by atoms with Gasteiger partial charge in [0.05, 0.1) is 5.52 Å². The van der Waals surface area contributed by atoms with E-state index in [1.54, 1.807) is 25.1 Å². The summed E-state index contributed by atoms with van der Waals surface area (Å²) in [7, 11) is -6.20. The molecular formula is C17H12F6N2O4S2. The third-order valence-electron chi connectivity index (χ3n) is 4.17. The molecule has 1 aromatic heterocycles. The number of nitrogens with zero attached hydrogens (tertiary/aromatic N) is 1. The molecule has 0 aliphatic rings. The first-order chi connectivity index (χ1) is 14.1. The van der Waals surface area contributed by atoms with E-state index in [0.717, 1.165) is 6.07 Å². The molecule has 6 nitrogen and oxygen atoms in total. The molecule has 3 aromatic rings. The molecule has 0 aliphatic heterocycles. The Morgan fingerprint density at radius 3 is 2.19 bits per heavy atom. The third kappa shape index (κ3) is 4.21. The Labute approximate surface area is 173 Å². The van der Waals surface area contributed by atoms with Crippen molar-refractivity contribution in [2.24, 2.45) is 0 Å². The maximum absolute atomic E-state index is 13.1. The highest BCUT2D eigenvalue weighted by Gasteiger charge is 2.50. The van der Waals surface area contributed by atoms with E-state index in [4.69, 9.17) is 5.73 Å². The van der Waals surface area contributed by atoms with E-state index in [2.05, 4.69) is 4.18 Å². The number of benzene rings is 2. The van der Waals surface area contributed by atoms with E-state index < -0.39 is 47.5 Å². The molecule has 168 valence electrons. The van der Waals surface area contributed by atoms with Crippen LogP contribution in [0.1, 0.15) is 5.56 Å². The van der Waals surface area contributed by atoms with Gasteiger partial charge in [-0.2, -0.15) is 38.7 Å². The van der Waals surface area contributed by atoms with Crippen LogP contribution in [0.4, 0.5) is 32.0 Å². The van der Waals surface area contributed by atoms with Gasteiger partial charge in [0, 0.05) is 17.1 Å². The zero-order chi connectivity index (χ0) is 23.4. The van der Waals surface area contributed by atoms with Crippen LogP contribution in [0.5, 0.6) is 5.88 Å². The molecule has 1 atom stereocenters. The van der Waals surface area contributed by atoms with Crippen LogP contribution in [0.15, 0.2) is 42.5 Å². The Balaban J connectivity index is 2.26. The Morgan fingerprint density at radius 2 is 1.65 bits per heavy atom. The van der Waals surface area contributed by atoms with Gasteiger partial charge in [-0.05, 0) is 47.9 Å². The molecule has 0 bridgehead atoms. The molecule has 2 N–H and O–H groups in total. The number of alkyl halides is 6. The van der Waals surface area contributed by atoms with Crippen molar-refractivity contribution in [2.75, 3.05) is 5.73 Å². The van der Waals surface area contributed by atoms with Crippen LogP contribution in [0.25, 0.3) is 22.0 Å². The molecule has 31 heavy (non-hydrogen) atoms. The highest BCUT2D eigenvalue weighted by Crippen LogP contribution is 2.38. The maximum Gasteiger partial charge on any atom is 0.517 e. The fraction of sp³-hybridized carbons (Fsp3) is 0.176. The smallest absolute Gasteiger partial charge is 0.399 e. The van der Waals surface area contributed by atoms with Crippen molar-refractivity contribution in [1.29, 1.82) is 0 Å². The zero-order valence-corrected chi connectivity index (χ0v) is 16.9. The number of aryl methyl sites for hydroxylation is 1. The van der Waals surface area contributed by atoms with Crippen LogP contribution < -0.4 is 9.92 Å². The number of rotatable bonds is 4. The van der Waals surface area contributed by atoms with E-state index in [1.165, 1.54) is 12.1 Å². The maximum atomic E-state index is 13.1. The third-order valence-corrected chi connectivity index (χ3v) is 6.31. The van der Waals surface area contributed by atoms with E-state index in [0.29, 0.717) is 28.4 Å². The van der Waals surface area contributed by atoms with Crippen molar-refractivity contribution < 1.29 is 43.2 Å². The molecule has 0 spiro atoms. The fourth-order valence-electron chi connectivity index (χ4n) is 2.88. The summed E-state index contributed by atoms with van der Waals surface area (Å²) in [6.07, 6.45) is 0. The lowest BCUT2D eigenvalue weighted by atomic mass is 9.99. The lowest BCUT2D eigenvalue weighted by molar-refractivity contribution is -0.0449. The van der Waals surface area contributed by atoms with Crippen molar-refractivity contribution in [3.8, 4) is 17.0 Å². The summed E-state index contributed by atoms with van der Waals surface area (Å²) >= 11 is -4.10. The molecule has 1 unspecified atom stereocenters. The number of hydrogen-bond donors (Lipinski definition) is 1. The summed E-state index contributed by atoms with van der Waals surface area (Å²) in [4.78, 5) is 0. The van der Waals surface area contributed by atoms with Gasteiger partial charge in [-0.1, -0.05) is 12.1 Å². The standard InChI is InChI=1S/C17H12F6N2O4S2/c1-9-6-12(24)3-4-13(9)10-2-5-14-11(7-10)8-15(29-30(26)16(18,19)20)25(14)31(27,28)17(21,22)23/h2-8H,24H2,1H3. The molecule has 0 saturated carbocycles. The minimum atomic E-state index is -6.20. The highest BCUT2D eigenvalue weighted by molar-refractivity contribution is 7.91. The van der Waals surface area contributed by atoms with Gasteiger partial charge in [0.25, 0.3) is 0 Å². The summed E-state index contributed by atoms with van der Waals surface area (Å²) in [6.45, 7) is 1.70. The number of halogens is 6. The van der Waals surface area contributed by atoms with Gasteiger partial charge in [-0.3, -0.25) is 0 Å². The molecule has 14 heteroatoms. The number of nitrogen functional groups attached to an aromatic ring is 1. The zero-order valence-electron chi connectivity index (χ0n) is 15.3. The number of fused-ring (bicyclic) bond motifs is 1. The second kappa shape index (κ2) is 7.44. The number of nitrogens with two attached hydrogens (primary N) is 1. The molecule has 1 heterocycles. The Hall–Kier alpha value is -2.74. The molecular weight excluding hydrogens is 474 g/mol. The molecule has 0 fully saturated rings. The van der Waals surface area contributed by atoms with Crippen LogP contribution in [-0.4, -0.2) is 27.6 Å². The van der Waals surface area contributed by atoms with Crippen LogP contribution in [-0.2, 0) is 21.1 Å². The van der Waals surface area contributed by atoms with E-state index in [9.17, 15) is 39.0 Å². The Kier molecular flexibility index (Phi) is 5.51. The van der Waals surface area contributed by atoms with Crippen LogP contribution >= 0.6 is 0 Å². The van der Waals surface area contributed by atoms with Crippen molar-refractivity contribution in [3.05, 3.63) is 48.0 Å². The lowest BCUT2D eigenvalue weighted by Crippen LogP contribution is -2.31. The van der Waals surface area contributed by atoms with Crippen molar-refractivity contribution in [3.63, 3.8) is 0 Å². The summed E-state index contributed by atoms with van der Waals surface area (Å²) in [6, 6.07) is 8.97. The molecule has 0 aliphatic carbocycles. The first-order valence-electron chi connectivity index (χ1n) is 8.13. The molecule has 0 amide bonds. The second-order valence-corrected chi connectivity index (χ2v) is 9.19. The summed E-state index contributed by atoms with van der Waals surface area (Å²) in [5.74, 6) is -1.39. The van der Waals surface area contributed by atoms with Gasteiger partial charge in [0.2, 0.25) is 5.88 Å². The van der Waals surface area contributed by atoms with Gasteiger partial charge >= 0.3 is 32.1 Å². The molecule has 3 rings (SSSR count). The van der Waals surface area contributed by atoms with Crippen LogP contribution in [0, 0.1) is 6.92 Å². The van der Waals surface area contributed by atoms with Gasteiger partial charge < -0.3 is 9.92 Å². The molecule has 0 radical (unpaired) electrons. The van der Waals surface area contributed by atoms with Crippen molar-refractivity contribution in [2.45, 2.75) is 17.9 Å². The topological polar surface area (TPSA) is 91.4 Å². The quantitative estimate of drug-likeness (QED) is 0.435. The van der Waals surface area contributed by atoms with Crippen molar-refractivity contribution in [1.82, 2.24) is 3.97 Å². The summed E-state index contributed by atoms with van der Waals surface area (Å²) in [5.41, 5.74) is -4.07. The second-order valence-electron chi connectivity index (χ2n) is 6.31. The van der Waals surface area contributed by atoms with Gasteiger partial charge in [0.1, 0.15) is 0 Å². The van der Waals surface area contributed by atoms with E-state index >= 15 is 0 Å². The SMILES string of the molecule is Cc1cc(N)ccc1-c1ccc2c(c1)cc(OS(=O)C(F)(F)F)n2S(=O)(=O)C(F)(F)F. The minimum absolute atomic E-state index is 0.185. The predicted octanol–water partition coefficient (Wildman–Crippen LogP) is 4.46. The van der Waals surface area contributed by atoms with Crippen LogP contribution in [0.3, 0.4) is 0 Å². The number of aromatic nitrogens is 1. The molecule has 2 aromatic carbocycles. The first-order valence-corrected chi connectivity index (χ1v) is 10.6.